The minimum atomic E-state index is -3.65. The van der Waals surface area contributed by atoms with Crippen molar-refractivity contribution in [2.24, 2.45) is 0 Å². The van der Waals surface area contributed by atoms with Crippen LogP contribution >= 0.6 is 22.9 Å². The lowest BCUT2D eigenvalue weighted by Crippen LogP contribution is -2.41. The lowest BCUT2D eigenvalue weighted by Gasteiger charge is -2.17. The van der Waals surface area contributed by atoms with Crippen LogP contribution in [0.1, 0.15) is 20.3 Å². The third-order valence-corrected chi connectivity index (χ3v) is 6.10. The van der Waals surface area contributed by atoms with Crippen LogP contribution in [-0.4, -0.2) is 38.3 Å². The highest BCUT2D eigenvalue weighted by Gasteiger charge is 2.24. The molecule has 1 rings (SSSR count). The van der Waals surface area contributed by atoms with E-state index in [1.54, 1.807) is 0 Å². The van der Waals surface area contributed by atoms with Crippen molar-refractivity contribution in [2.75, 3.05) is 13.6 Å². The van der Waals surface area contributed by atoms with E-state index in [9.17, 15) is 13.2 Å². The standard InChI is InChI=1S/C11H17ClN2O3S2/c1-4-8(2)13-10(15)7-14(3)19(16,17)11-6-5-9(12)18-11/h5-6,8H,4,7H2,1-3H3,(H,13,15). The number of thiophene rings is 1. The molecule has 0 aliphatic carbocycles. The van der Waals surface area contributed by atoms with Gasteiger partial charge in [-0.05, 0) is 25.5 Å². The lowest BCUT2D eigenvalue weighted by atomic mass is 10.2. The summed E-state index contributed by atoms with van der Waals surface area (Å²) in [6.07, 6.45) is 0.794. The monoisotopic (exact) mass is 324 g/mol. The highest BCUT2D eigenvalue weighted by molar-refractivity contribution is 7.91. The number of rotatable bonds is 6. The minimum Gasteiger partial charge on any atom is -0.353 e. The zero-order chi connectivity index (χ0) is 14.6. The molecule has 1 N–H and O–H groups in total. The molecule has 108 valence electrons. The van der Waals surface area contributed by atoms with Gasteiger partial charge in [0.15, 0.2) is 0 Å². The maximum atomic E-state index is 12.1. The molecule has 0 fully saturated rings. The van der Waals surface area contributed by atoms with Gasteiger partial charge in [0.05, 0.1) is 10.9 Å². The van der Waals surface area contributed by atoms with Crippen LogP contribution in [0.4, 0.5) is 0 Å². The molecule has 8 heteroatoms. The summed E-state index contributed by atoms with van der Waals surface area (Å²) in [5.41, 5.74) is 0. The number of sulfonamides is 1. The summed E-state index contributed by atoms with van der Waals surface area (Å²) < 4.78 is 25.8. The molecular weight excluding hydrogens is 308 g/mol. The molecule has 0 aromatic carbocycles. The first kappa shape index (κ1) is 16.4. The molecule has 1 heterocycles. The minimum absolute atomic E-state index is 0.0276. The molecule has 1 unspecified atom stereocenters. The molecule has 0 bridgehead atoms. The molecular formula is C11H17ClN2O3S2. The summed E-state index contributed by atoms with van der Waals surface area (Å²) in [7, 11) is -2.28. The molecule has 0 aliphatic heterocycles. The topological polar surface area (TPSA) is 66.5 Å². The number of carbonyl (C=O) groups excluding carboxylic acids is 1. The first-order valence-electron chi connectivity index (χ1n) is 5.78. The van der Waals surface area contributed by atoms with Crippen LogP contribution in [0.3, 0.4) is 0 Å². The Morgan fingerprint density at radius 2 is 2.16 bits per heavy atom. The fourth-order valence-corrected chi connectivity index (χ4v) is 4.12. The first-order valence-corrected chi connectivity index (χ1v) is 8.41. The summed E-state index contributed by atoms with van der Waals surface area (Å²) in [5.74, 6) is -0.317. The third-order valence-electron chi connectivity index (χ3n) is 2.60. The molecule has 5 nitrogen and oxygen atoms in total. The summed E-state index contributed by atoms with van der Waals surface area (Å²) in [6, 6.07) is 2.98. The Bertz CT molecular complexity index is 542. The Morgan fingerprint density at radius 1 is 1.53 bits per heavy atom. The molecule has 19 heavy (non-hydrogen) atoms. The maximum absolute atomic E-state index is 12.1. The normalized spacial score (nSPS) is 13.5. The molecule has 0 spiro atoms. The lowest BCUT2D eigenvalue weighted by molar-refractivity contribution is -0.121. The molecule has 0 saturated heterocycles. The Balaban J connectivity index is 2.72. The number of nitrogens with zero attached hydrogens (tertiary/aromatic N) is 1. The third kappa shape index (κ3) is 4.45. The van der Waals surface area contributed by atoms with Gasteiger partial charge in [-0.1, -0.05) is 18.5 Å². The van der Waals surface area contributed by atoms with Crippen molar-refractivity contribution in [1.82, 2.24) is 9.62 Å². The van der Waals surface area contributed by atoms with E-state index in [0.29, 0.717) is 4.34 Å². The first-order chi connectivity index (χ1) is 8.77. The van der Waals surface area contributed by atoms with E-state index >= 15 is 0 Å². The Hall–Kier alpha value is -0.630. The second-order valence-corrected chi connectivity index (χ2v) is 8.18. The van der Waals surface area contributed by atoms with Gasteiger partial charge in [-0.25, -0.2) is 8.42 Å². The van der Waals surface area contributed by atoms with Crippen molar-refractivity contribution in [3.05, 3.63) is 16.5 Å². The van der Waals surface area contributed by atoms with Gasteiger partial charge >= 0.3 is 0 Å². The van der Waals surface area contributed by atoms with Gasteiger partial charge in [0, 0.05) is 13.1 Å². The number of halogens is 1. The van der Waals surface area contributed by atoms with Gasteiger partial charge < -0.3 is 5.32 Å². The quantitative estimate of drug-likeness (QED) is 0.869. The van der Waals surface area contributed by atoms with Crippen molar-refractivity contribution in [2.45, 2.75) is 30.5 Å². The predicted octanol–water partition coefficient (Wildman–Crippen LogP) is 1.94. The van der Waals surface area contributed by atoms with E-state index in [4.69, 9.17) is 11.6 Å². The summed E-state index contributed by atoms with van der Waals surface area (Å²) in [6.45, 7) is 3.60. The second kappa shape index (κ2) is 6.69. The van der Waals surface area contributed by atoms with Gasteiger partial charge in [-0.15, -0.1) is 11.3 Å². The average Bonchev–Trinajstić information content (AvgIpc) is 2.75. The average molecular weight is 325 g/mol. The SMILES string of the molecule is CCC(C)NC(=O)CN(C)S(=O)(=O)c1ccc(Cl)s1. The Morgan fingerprint density at radius 3 is 2.63 bits per heavy atom. The number of nitrogens with one attached hydrogen (secondary N) is 1. The van der Waals surface area contributed by atoms with E-state index in [-0.39, 0.29) is 22.7 Å². The van der Waals surface area contributed by atoms with Crippen molar-refractivity contribution < 1.29 is 13.2 Å². The van der Waals surface area contributed by atoms with E-state index in [1.165, 1.54) is 19.2 Å². The van der Waals surface area contributed by atoms with Crippen LogP contribution in [0.25, 0.3) is 0 Å². The van der Waals surface area contributed by atoms with Crippen LogP contribution in [0.5, 0.6) is 0 Å². The zero-order valence-electron chi connectivity index (χ0n) is 11.0. The van der Waals surface area contributed by atoms with E-state index in [0.717, 1.165) is 22.1 Å². The Labute approximate surface area is 122 Å². The Kier molecular flexibility index (Phi) is 5.79. The van der Waals surface area contributed by atoms with Gasteiger partial charge in [-0.3, -0.25) is 4.79 Å². The highest BCUT2D eigenvalue weighted by Crippen LogP contribution is 2.27. The van der Waals surface area contributed by atoms with Crippen molar-refractivity contribution in [3.8, 4) is 0 Å². The van der Waals surface area contributed by atoms with Crippen LogP contribution in [0.2, 0.25) is 4.34 Å². The summed E-state index contributed by atoms with van der Waals surface area (Å²) >= 11 is 6.69. The van der Waals surface area contributed by atoms with Crippen LogP contribution in [0.15, 0.2) is 16.3 Å². The fraction of sp³-hybridized carbons (Fsp3) is 0.545. The number of carbonyl (C=O) groups is 1. The number of hydrogen-bond acceptors (Lipinski definition) is 4. The van der Waals surface area contributed by atoms with Crippen LogP contribution in [0, 0.1) is 0 Å². The van der Waals surface area contributed by atoms with Crippen molar-refractivity contribution >= 4 is 38.9 Å². The number of hydrogen-bond donors (Lipinski definition) is 1. The molecule has 0 aliphatic rings. The number of amides is 1. The van der Waals surface area contributed by atoms with Gasteiger partial charge in [-0.2, -0.15) is 4.31 Å². The molecule has 0 radical (unpaired) electrons. The van der Waals surface area contributed by atoms with Crippen molar-refractivity contribution in [3.63, 3.8) is 0 Å². The molecule has 1 aromatic rings. The molecule has 1 aromatic heterocycles. The van der Waals surface area contributed by atoms with E-state index < -0.39 is 10.0 Å². The predicted molar refractivity (Wildman–Crippen MR) is 77.0 cm³/mol. The maximum Gasteiger partial charge on any atom is 0.252 e. The number of likely N-dealkylation sites (N-methyl/N-ethyl adjacent to an activating group) is 1. The van der Waals surface area contributed by atoms with Crippen LogP contribution in [-0.2, 0) is 14.8 Å². The summed E-state index contributed by atoms with van der Waals surface area (Å²) in [4.78, 5) is 11.7. The molecule has 0 saturated carbocycles. The van der Waals surface area contributed by atoms with Gasteiger partial charge in [0.25, 0.3) is 10.0 Å². The molecule has 1 amide bonds. The van der Waals surface area contributed by atoms with E-state index in [1.807, 2.05) is 13.8 Å². The largest absolute Gasteiger partial charge is 0.353 e. The van der Waals surface area contributed by atoms with Crippen LogP contribution < -0.4 is 5.32 Å². The second-order valence-electron chi connectivity index (χ2n) is 4.20. The van der Waals surface area contributed by atoms with Gasteiger partial charge in [0.2, 0.25) is 5.91 Å². The van der Waals surface area contributed by atoms with E-state index in [2.05, 4.69) is 5.32 Å². The summed E-state index contributed by atoms with van der Waals surface area (Å²) in [5, 5.41) is 2.72. The smallest absolute Gasteiger partial charge is 0.252 e. The van der Waals surface area contributed by atoms with Gasteiger partial charge in [0.1, 0.15) is 4.21 Å². The zero-order valence-corrected chi connectivity index (χ0v) is 13.4. The fourth-order valence-electron chi connectivity index (χ4n) is 1.30. The molecule has 1 atom stereocenters. The highest BCUT2D eigenvalue weighted by atomic mass is 35.5. The van der Waals surface area contributed by atoms with Crippen molar-refractivity contribution in [1.29, 1.82) is 0 Å².